The molecule has 408 valence electrons. The lowest BCUT2D eigenvalue weighted by atomic mass is 9.33. The van der Waals surface area contributed by atoms with E-state index in [4.69, 9.17) is 0 Å². The van der Waals surface area contributed by atoms with Crippen LogP contribution in [0.2, 0.25) is 0 Å². The van der Waals surface area contributed by atoms with Gasteiger partial charge in [0, 0.05) is 51.1 Å². The summed E-state index contributed by atoms with van der Waals surface area (Å²) in [6, 6.07) is 62.0. The number of fused-ring (bicyclic) bond motifs is 6. The molecule has 0 radical (unpaired) electrons. The molecule has 3 nitrogen and oxygen atoms in total. The van der Waals surface area contributed by atoms with Crippen molar-refractivity contribution >= 4 is 74.3 Å². The number of benzene rings is 8. The SMILES string of the molecule is Cc1ccc(C(C)(C)C)cc1N1c2cc(N(c3ccccc3)c3ccccc3)ccc2B2c3cc4c(cc3N(c3ccc(C(C)(C)C)cc3-c3ccc5c(c3)C(C)(C)CC5(C)C)c3cc(C(C)(C)C)cc1c32)C(C)(C)CCC4(C)C. The van der Waals surface area contributed by atoms with Crippen LogP contribution in [0.15, 0.2) is 158 Å². The van der Waals surface area contributed by atoms with Crippen LogP contribution in [0, 0.1) is 6.92 Å². The first kappa shape index (κ1) is 53.8. The lowest BCUT2D eigenvalue weighted by Gasteiger charge is -2.48. The highest BCUT2D eigenvalue weighted by molar-refractivity contribution is 7.00. The van der Waals surface area contributed by atoms with E-state index in [0.717, 1.165) is 36.3 Å². The maximum Gasteiger partial charge on any atom is 0.252 e. The summed E-state index contributed by atoms with van der Waals surface area (Å²) in [6.07, 6.45) is 3.42. The molecular formula is C76H86BN3. The minimum atomic E-state index is -0.181. The van der Waals surface area contributed by atoms with Crippen molar-refractivity contribution in [1.82, 2.24) is 0 Å². The third-order valence-corrected chi connectivity index (χ3v) is 19.3. The lowest BCUT2D eigenvalue weighted by molar-refractivity contribution is 0.332. The third-order valence-electron chi connectivity index (χ3n) is 19.3. The highest BCUT2D eigenvalue weighted by Gasteiger charge is 2.48. The van der Waals surface area contributed by atoms with Gasteiger partial charge < -0.3 is 14.7 Å². The summed E-state index contributed by atoms with van der Waals surface area (Å²) in [4.78, 5) is 7.87. The van der Waals surface area contributed by atoms with Crippen molar-refractivity contribution in [3.05, 3.63) is 202 Å². The lowest BCUT2D eigenvalue weighted by Crippen LogP contribution is -2.62. The topological polar surface area (TPSA) is 9.72 Å². The molecule has 0 saturated carbocycles. The van der Waals surface area contributed by atoms with Crippen molar-refractivity contribution < 1.29 is 0 Å². The summed E-state index contributed by atoms with van der Waals surface area (Å²) in [5.74, 6) is 0. The van der Waals surface area contributed by atoms with Gasteiger partial charge in [-0.1, -0.05) is 203 Å². The smallest absolute Gasteiger partial charge is 0.252 e. The van der Waals surface area contributed by atoms with E-state index in [1.807, 2.05) is 0 Å². The van der Waals surface area contributed by atoms with Crippen LogP contribution < -0.4 is 31.1 Å². The first-order chi connectivity index (χ1) is 37.4. The summed E-state index contributed by atoms with van der Waals surface area (Å²) in [5.41, 5.74) is 28.5. The quantitative estimate of drug-likeness (QED) is 0.154. The van der Waals surface area contributed by atoms with Gasteiger partial charge in [0.05, 0.1) is 5.69 Å². The van der Waals surface area contributed by atoms with Crippen LogP contribution in [0.5, 0.6) is 0 Å². The van der Waals surface area contributed by atoms with Crippen LogP contribution in [0.25, 0.3) is 11.1 Å². The minimum absolute atomic E-state index is 0.00179. The van der Waals surface area contributed by atoms with Crippen LogP contribution in [-0.4, -0.2) is 6.71 Å². The van der Waals surface area contributed by atoms with Crippen molar-refractivity contribution in [2.24, 2.45) is 0 Å². The number of anilines is 9. The molecule has 0 saturated heterocycles. The van der Waals surface area contributed by atoms with E-state index in [-0.39, 0.29) is 44.6 Å². The minimum Gasteiger partial charge on any atom is -0.311 e. The fraction of sp³-hybridized carbons (Fsp3) is 0.368. The van der Waals surface area contributed by atoms with Crippen LogP contribution in [0.3, 0.4) is 0 Å². The Labute approximate surface area is 481 Å². The molecule has 0 unspecified atom stereocenters. The van der Waals surface area contributed by atoms with Gasteiger partial charge in [-0.15, -0.1) is 0 Å². The van der Waals surface area contributed by atoms with Crippen molar-refractivity contribution in [2.45, 2.75) is 182 Å². The van der Waals surface area contributed by atoms with Gasteiger partial charge in [0.2, 0.25) is 0 Å². The third kappa shape index (κ3) is 8.76. The second-order valence-corrected chi connectivity index (χ2v) is 30.2. The second kappa shape index (κ2) is 18.1. The molecule has 2 heterocycles. The van der Waals surface area contributed by atoms with Crippen molar-refractivity contribution in [2.75, 3.05) is 14.7 Å². The molecule has 0 amide bonds. The molecule has 0 bridgehead atoms. The van der Waals surface area contributed by atoms with Crippen molar-refractivity contribution in [1.29, 1.82) is 0 Å². The highest BCUT2D eigenvalue weighted by atomic mass is 15.2. The van der Waals surface area contributed by atoms with Crippen LogP contribution in [0.1, 0.15) is 181 Å². The van der Waals surface area contributed by atoms with E-state index in [1.165, 1.54) is 106 Å². The predicted molar refractivity (Wildman–Crippen MR) is 347 cm³/mol. The first-order valence-electron chi connectivity index (χ1n) is 29.9. The highest BCUT2D eigenvalue weighted by Crippen LogP contribution is 2.55. The predicted octanol–water partition coefficient (Wildman–Crippen LogP) is 19.4. The van der Waals surface area contributed by atoms with Crippen LogP contribution in [-0.2, 0) is 37.9 Å². The monoisotopic (exact) mass is 1050 g/mol. The van der Waals surface area contributed by atoms with E-state index in [2.05, 4.69) is 297 Å². The molecule has 4 heteroatoms. The van der Waals surface area contributed by atoms with E-state index < -0.39 is 0 Å². The average molecular weight is 1050 g/mol. The van der Waals surface area contributed by atoms with Gasteiger partial charge in [-0.3, -0.25) is 0 Å². The van der Waals surface area contributed by atoms with E-state index in [1.54, 1.807) is 0 Å². The van der Waals surface area contributed by atoms with Gasteiger partial charge in [-0.25, -0.2) is 0 Å². The molecule has 0 atom stereocenters. The van der Waals surface area contributed by atoms with E-state index in [0.29, 0.717) is 0 Å². The standard InChI is InChI=1S/C76H86BN3/c1-48-29-31-51(71(5,6)7)41-64(48)80-65-44-55(78(53-25-21-19-22-26-53)54-27-23-20-24-28-54)33-35-61(65)77-62-45-59-60(74(13,14)38-37-73(59,11)12)46-66(62)79(67-42-52(72(8,9)10)43-68(80)69(67)77)63-36-32-50(70(2,3)4)40-56(63)49-30-34-57-58(39-49)76(17,18)47-75(57,15)16/h19-36,39-46H,37-38,47H2,1-18H3. The fourth-order valence-corrected chi connectivity index (χ4v) is 14.6. The number of para-hydroxylation sites is 2. The summed E-state index contributed by atoms with van der Waals surface area (Å²) < 4.78 is 0. The van der Waals surface area contributed by atoms with Gasteiger partial charge in [-0.05, 0) is 203 Å². The van der Waals surface area contributed by atoms with E-state index >= 15 is 0 Å². The number of rotatable bonds is 6. The summed E-state index contributed by atoms with van der Waals surface area (Å²) in [7, 11) is 0. The van der Waals surface area contributed by atoms with Gasteiger partial charge in [0.15, 0.2) is 0 Å². The van der Waals surface area contributed by atoms with Gasteiger partial charge >= 0.3 is 0 Å². The Balaban J connectivity index is 1.23. The number of nitrogens with zero attached hydrogens (tertiary/aromatic N) is 3. The maximum absolute atomic E-state index is 2.75. The Hall–Kier alpha value is -6.78. The second-order valence-electron chi connectivity index (χ2n) is 30.2. The normalized spacial score (nSPS) is 17.3. The zero-order valence-electron chi connectivity index (χ0n) is 51.6. The average Bonchev–Trinajstić information content (AvgIpc) is 3.74. The summed E-state index contributed by atoms with van der Waals surface area (Å²) in [5, 5.41) is 0. The zero-order chi connectivity index (χ0) is 57.0. The Morgan fingerprint density at radius 2 is 0.887 bits per heavy atom. The van der Waals surface area contributed by atoms with Crippen LogP contribution >= 0.6 is 0 Å². The maximum atomic E-state index is 2.75. The molecule has 0 N–H and O–H groups in total. The van der Waals surface area contributed by atoms with Gasteiger partial charge in [-0.2, -0.15) is 0 Å². The Morgan fingerprint density at radius 1 is 0.388 bits per heavy atom. The molecule has 0 spiro atoms. The van der Waals surface area contributed by atoms with E-state index in [9.17, 15) is 0 Å². The van der Waals surface area contributed by atoms with Crippen molar-refractivity contribution in [3.8, 4) is 11.1 Å². The van der Waals surface area contributed by atoms with Crippen molar-refractivity contribution in [3.63, 3.8) is 0 Å². The number of hydrogen-bond acceptors (Lipinski definition) is 3. The molecule has 0 fully saturated rings. The molecule has 4 aliphatic rings. The van der Waals surface area contributed by atoms with Crippen LogP contribution in [0.4, 0.5) is 51.2 Å². The first-order valence-corrected chi connectivity index (χ1v) is 29.9. The van der Waals surface area contributed by atoms with Gasteiger partial charge in [0.25, 0.3) is 6.71 Å². The molecule has 80 heavy (non-hydrogen) atoms. The Kier molecular flexibility index (Phi) is 12.2. The molecule has 0 aromatic heterocycles. The largest absolute Gasteiger partial charge is 0.311 e. The Morgan fingerprint density at radius 3 is 1.48 bits per heavy atom. The number of aryl methyl sites for hydroxylation is 1. The molecule has 2 aliphatic carbocycles. The molecule has 2 aliphatic heterocycles. The molecular weight excluding hydrogens is 966 g/mol. The summed E-state index contributed by atoms with van der Waals surface area (Å²) in [6.45, 7) is 43.4. The Bertz CT molecular complexity index is 3740. The molecule has 12 rings (SSSR count). The zero-order valence-corrected chi connectivity index (χ0v) is 51.6. The fourth-order valence-electron chi connectivity index (χ4n) is 14.6. The molecule has 8 aromatic rings. The summed E-state index contributed by atoms with van der Waals surface area (Å²) >= 11 is 0. The number of hydrogen-bond donors (Lipinski definition) is 0. The molecule has 8 aromatic carbocycles. The van der Waals surface area contributed by atoms with Gasteiger partial charge in [0.1, 0.15) is 0 Å².